The molecule has 1 saturated heterocycles. The number of oxime groups is 1. The topological polar surface area (TPSA) is 74.7 Å². The lowest BCUT2D eigenvalue weighted by atomic mass is 10.0. The van der Waals surface area contributed by atoms with Crippen LogP contribution in [-0.2, 0) is 12.8 Å². The van der Waals surface area contributed by atoms with Crippen LogP contribution in [0.5, 0.6) is 0 Å². The Labute approximate surface area is 125 Å². The van der Waals surface area contributed by atoms with Crippen LogP contribution in [0.15, 0.2) is 11.2 Å². The number of rotatable bonds is 4. The van der Waals surface area contributed by atoms with E-state index in [1.807, 2.05) is 0 Å². The number of anilines is 1. The Bertz CT molecular complexity index is 555. The van der Waals surface area contributed by atoms with Gasteiger partial charge >= 0.3 is 0 Å². The maximum atomic E-state index is 9.06. The van der Waals surface area contributed by atoms with E-state index in [0.717, 1.165) is 49.7 Å². The second kappa shape index (κ2) is 5.92. The summed E-state index contributed by atoms with van der Waals surface area (Å²) in [5, 5.41) is 12.3. The van der Waals surface area contributed by atoms with E-state index in [9.17, 15) is 0 Å². The first-order valence-corrected chi connectivity index (χ1v) is 7.98. The highest BCUT2D eigenvalue weighted by Crippen LogP contribution is 2.31. The summed E-state index contributed by atoms with van der Waals surface area (Å²) in [6.45, 7) is 4.28. The Hall–Kier alpha value is -1.78. The van der Waals surface area contributed by atoms with E-state index >= 15 is 0 Å². The van der Waals surface area contributed by atoms with E-state index in [-0.39, 0.29) is 5.84 Å². The molecule has 1 aromatic rings. The van der Waals surface area contributed by atoms with Crippen LogP contribution in [0, 0.1) is 5.92 Å². The van der Waals surface area contributed by atoms with Gasteiger partial charge in [0.1, 0.15) is 5.82 Å². The molecule has 0 aromatic carbocycles. The van der Waals surface area contributed by atoms with Crippen molar-refractivity contribution < 1.29 is 5.21 Å². The van der Waals surface area contributed by atoms with Gasteiger partial charge in [-0.15, -0.1) is 0 Å². The molecule has 2 aliphatic rings. The van der Waals surface area contributed by atoms with Gasteiger partial charge in [-0.25, -0.2) is 4.98 Å². The summed E-state index contributed by atoms with van der Waals surface area (Å²) >= 11 is 0. The van der Waals surface area contributed by atoms with Gasteiger partial charge in [-0.2, -0.15) is 0 Å². The van der Waals surface area contributed by atoms with Crippen LogP contribution in [0.1, 0.15) is 49.4 Å². The van der Waals surface area contributed by atoms with Crippen molar-refractivity contribution in [3.8, 4) is 0 Å². The maximum Gasteiger partial charge on any atom is 0.173 e. The average Bonchev–Trinajstić information content (AvgIpc) is 3.13. The molecule has 1 atom stereocenters. The first-order valence-electron chi connectivity index (χ1n) is 7.98. The minimum atomic E-state index is 0.172. The Morgan fingerprint density at radius 3 is 3.14 bits per heavy atom. The smallest absolute Gasteiger partial charge is 0.173 e. The summed E-state index contributed by atoms with van der Waals surface area (Å²) < 4.78 is 0. The number of amidine groups is 1. The highest BCUT2D eigenvalue weighted by atomic mass is 16.4. The summed E-state index contributed by atoms with van der Waals surface area (Å²) in [5.74, 6) is 1.82. The third-order valence-electron chi connectivity index (χ3n) is 4.70. The molecule has 21 heavy (non-hydrogen) atoms. The lowest BCUT2D eigenvalue weighted by Crippen LogP contribution is -2.26. The summed E-state index contributed by atoms with van der Waals surface area (Å²) in [7, 11) is 0. The van der Waals surface area contributed by atoms with Gasteiger partial charge in [0.15, 0.2) is 5.84 Å². The predicted octanol–water partition coefficient (Wildman–Crippen LogP) is 2.29. The Balaban J connectivity index is 1.93. The molecule has 3 rings (SSSR count). The molecule has 5 nitrogen and oxygen atoms in total. The van der Waals surface area contributed by atoms with E-state index in [1.165, 1.54) is 30.5 Å². The van der Waals surface area contributed by atoms with Crippen LogP contribution >= 0.6 is 0 Å². The summed E-state index contributed by atoms with van der Waals surface area (Å²) in [6.07, 6.45) is 6.95. The number of aromatic nitrogens is 1. The van der Waals surface area contributed by atoms with Gasteiger partial charge < -0.3 is 15.8 Å². The second-order valence-corrected chi connectivity index (χ2v) is 6.19. The number of fused-ring (bicyclic) bond motifs is 1. The van der Waals surface area contributed by atoms with Crippen molar-refractivity contribution in [3.63, 3.8) is 0 Å². The van der Waals surface area contributed by atoms with E-state index in [4.69, 9.17) is 15.9 Å². The van der Waals surface area contributed by atoms with Crippen LogP contribution < -0.4 is 10.6 Å². The average molecular weight is 288 g/mol. The van der Waals surface area contributed by atoms with Crippen molar-refractivity contribution in [1.29, 1.82) is 0 Å². The summed E-state index contributed by atoms with van der Waals surface area (Å²) in [6, 6.07) is 2.08. The highest BCUT2D eigenvalue weighted by molar-refractivity contribution is 6.01. The molecule has 3 N–H and O–H groups in total. The molecule has 0 bridgehead atoms. The largest absolute Gasteiger partial charge is 0.409 e. The third-order valence-corrected chi connectivity index (χ3v) is 4.70. The van der Waals surface area contributed by atoms with E-state index in [0.29, 0.717) is 0 Å². The van der Waals surface area contributed by atoms with Gasteiger partial charge in [-0.05, 0) is 49.7 Å². The first-order chi connectivity index (χ1) is 10.2. The lowest BCUT2D eigenvalue weighted by Gasteiger charge is -2.21. The van der Waals surface area contributed by atoms with Crippen molar-refractivity contribution >= 4 is 11.7 Å². The van der Waals surface area contributed by atoms with Crippen molar-refractivity contribution in [2.45, 2.75) is 45.4 Å². The van der Waals surface area contributed by atoms with Gasteiger partial charge in [0.2, 0.25) is 0 Å². The van der Waals surface area contributed by atoms with Crippen LogP contribution in [0.3, 0.4) is 0 Å². The lowest BCUT2D eigenvalue weighted by molar-refractivity contribution is 0.318. The van der Waals surface area contributed by atoms with E-state index in [2.05, 4.69) is 23.0 Å². The Morgan fingerprint density at radius 2 is 2.38 bits per heavy atom. The predicted molar refractivity (Wildman–Crippen MR) is 84.0 cm³/mol. The normalized spacial score (nSPS) is 21.9. The molecule has 114 valence electrons. The standard InChI is InChI=1S/C16H24N4O/c1-2-4-11-7-8-20(10-11)16-13(15(17)19-21)9-12-5-3-6-14(12)18-16/h9,11,21H,2-8,10H2,1H3,(H2,17,19). The molecule has 1 aliphatic heterocycles. The van der Waals surface area contributed by atoms with E-state index < -0.39 is 0 Å². The molecule has 1 aromatic heterocycles. The number of nitrogens with zero attached hydrogens (tertiary/aromatic N) is 3. The molecule has 1 unspecified atom stereocenters. The number of hydrogen-bond acceptors (Lipinski definition) is 4. The van der Waals surface area contributed by atoms with Crippen molar-refractivity contribution in [3.05, 3.63) is 22.9 Å². The summed E-state index contributed by atoms with van der Waals surface area (Å²) in [5.41, 5.74) is 9.12. The van der Waals surface area contributed by atoms with Gasteiger partial charge in [-0.3, -0.25) is 0 Å². The van der Waals surface area contributed by atoms with Gasteiger partial charge in [0, 0.05) is 18.8 Å². The molecule has 0 saturated carbocycles. The van der Waals surface area contributed by atoms with Crippen molar-refractivity contribution in [1.82, 2.24) is 4.98 Å². The van der Waals surface area contributed by atoms with Crippen LogP contribution in [0.4, 0.5) is 5.82 Å². The molecule has 2 heterocycles. The van der Waals surface area contributed by atoms with Crippen LogP contribution in [0.25, 0.3) is 0 Å². The fourth-order valence-corrected chi connectivity index (χ4v) is 3.61. The van der Waals surface area contributed by atoms with Gasteiger partial charge in [-0.1, -0.05) is 18.5 Å². The minimum absolute atomic E-state index is 0.172. The fourth-order valence-electron chi connectivity index (χ4n) is 3.61. The molecular formula is C16H24N4O. The zero-order valence-corrected chi connectivity index (χ0v) is 12.7. The molecule has 0 spiro atoms. The zero-order chi connectivity index (χ0) is 14.8. The molecule has 0 amide bonds. The first kappa shape index (κ1) is 14.2. The van der Waals surface area contributed by atoms with Crippen LogP contribution in [-0.4, -0.2) is 29.1 Å². The molecule has 1 fully saturated rings. The number of aryl methyl sites for hydroxylation is 2. The fraction of sp³-hybridized carbons (Fsp3) is 0.625. The number of hydrogen-bond donors (Lipinski definition) is 2. The molecular weight excluding hydrogens is 264 g/mol. The van der Waals surface area contributed by atoms with Crippen molar-refractivity contribution in [2.24, 2.45) is 16.8 Å². The van der Waals surface area contributed by atoms with Gasteiger partial charge in [0.25, 0.3) is 0 Å². The highest BCUT2D eigenvalue weighted by Gasteiger charge is 2.27. The SMILES string of the molecule is CCCC1CCN(c2nc3c(cc2C(N)=NO)CCC3)C1. The monoisotopic (exact) mass is 288 g/mol. The Morgan fingerprint density at radius 1 is 1.52 bits per heavy atom. The zero-order valence-electron chi connectivity index (χ0n) is 12.7. The molecule has 5 heteroatoms. The molecule has 0 radical (unpaired) electrons. The Kier molecular flexibility index (Phi) is 3.99. The summed E-state index contributed by atoms with van der Waals surface area (Å²) in [4.78, 5) is 7.16. The molecule has 1 aliphatic carbocycles. The van der Waals surface area contributed by atoms with Crippen molar-refractivity contribution in [2.75, 3.05) is 18.0 Å². The second-order valence-electron chi connectivity index (χ2n) is 6.19. The third kappa shape index (κ3) is 2.69. The van der Waals surface area contributed by atoms with Crippen LogP contribution in [0.2, 0.25) is 0 Å². The number of nitrogens with two attached hydrogens (primary N) is 1. The van der Waals surface area contributed by atoms with Gasteiger partial charge in [0.05, 0.1) is 5.56 Å². The quantitative estimate of drug-likeness (QED) is 0.386. The van der Waals surface area contributed by atoms with E-state index in [1.54, 1.807) is 0 Å². The minimum Gasteiger partial charge on any atom is -0.409 e. The number of pyridine rings is 1. The maximum absolute atomic E-state index is 9.06.